The number of hydrogen-bond donors (Lipinski definition) is 0. The topological polar surface area (TPSA) is 69.9 Å². The van der Waals surface area contributed by atoms with E-state index < -0.39 is 12.0 Å². The first-order valence-electron chi connectivity index (χ1n) is 13.5. The van der Waals surface area contributed by atoms with Gasteiger partial charge >= 0.3 is 5.97 Å². The smallest absolute Gasteiger partial charge is 0.338 e. The molecule has 0 saturated carbocycles. The lowest BCUT2D eigenvalue weighted by Crippen LogP contribution is -2.39. The van der Waals surface area contributed by atoms with Crippen LogP contribution in [0.2, 0.25) is 0 Å². The van der Waals surface area contributed by atoms with Crippen molar-refractivity contribution >= 4 is 34.2 Å². The molecule has 4 aromatic carbocycles. The van der Waals surface area contributed by atoms with E-state index in [1.165, 1.54) is 11.3 Å². The van der Waals surface area contributed by atoms with Gasteiger partial charge in [0.25, 0.3) is 5.56 Å². The molecule has 0 radical (unpaired) electrons. The van der Waals surface area contributed by atoms with Gasteiger partial charge in [-0.15, -0.1) is 0 Å². The number of carbonyl (C=O) groups is 1. The zero-order chi connectivity index (χ0) is 28.3. The third-order valence-electron chi connectivity index (χ3n) is 7.10. The molecular formula is C34H28N2O4S. The molecule has 41 heavy (non-hydrogen) atoms. The monoisotopic (exact) mass is 560 g/mol. The molecule has 0 N–H and O–H groups in total. The van der Waals surface area contributed by atoms with Crippen LogP contribution >= 0.6 is 11.3 Å². The minimum Gasteiger partial charge on any atom is -0.488 e. The second-order valence-corrected chi connectivity index (χ2v) is 10.7. The number of ether oxygens (including phenoxy) is 2. The summed E-state index contributed by atoms with van der Waals surface area (Å²) in [4.78, 5) is 32.2. The number of carbonyl (C=O) groups excluding carboxylic acids is 1. The molecule has 5 aromatic rings. The Morgan fingerprint density at radius 2 is 1.68 bits per heavy atom. The average molecular weight is 561 g/mol. The first-order chi connectivity index (χ1) is 20.0. The van der Waals surface area contributed by atoms with Gasteiger partial charge in [0.1, 0.15) is 12.4 Å². The van der Waals surface area contributed by atoms with Crippen LogP contribution in [0.4, 0.5) is 0 Å². The van der Waals surface area contributed by atoms with Gasteiger partial charge in [0.05, 0.1) is 28.5 Å². The SMILES string of the molecule is CCOC(=O)C1=C(C)N=c2s/c(=C/c3ccccc3OCc3cccc4ccccc34)c(=O)n2C1c1ccccc1. The van der Waals surface area contributed by atoms with E-state index in [-0.39, 0.29) is 12.2 Å². The maximum absolute atomic E-state index is 13.9. The zero-order valence-corrected chi connectivity index (χ0v) is 23.6. The fourth-order valence-corrected chi connectivity index (χ4v) is 6.23. The van der Waals surface area contributed by atoms with E-state index >= 15 is 0 Å². The van der Waals surface area contributed by atoms with Crippen LogP contribution in [-0.4, -0.2) is 17.1 Å². The summed E-state index contributed by atoms with van der Waals surface area (Å²) in [6, 6.07) is 31.0. The number of esters is 1. The number of allylic oxidation sites excluding steroid dienone is 1. The summed E-state index contributed by atoms with van der Waals surface area (Å²) in [7, 11) is 0. The van der Waals surface area contributed by atoms with Gasteiger partial charge in [0, 0.05) is 5.56 Å². The van der Waals surface area contributed by atoms with E-state index in [0.29, 0.717) is 33.0 Å². The van der Waals surface area contributed by atoms with Crippen LogP contribution in [0.5, 0.6) is 5.75 Å². The highest BCUT2D eigenvalue weighted by molar-refractivity contribution is 7.07. The number of fused-ring (bicyclic) bond motifs is 2. The number of nitrogens with zero attached hydrogens (tertiary/aromatic N) is 2. The predicted molar refractivity (Wildman–Crippen MR) is 162 cm³/mol. The van der Waals surface area contributed by atoms with Crippen LogP contribution in [0.25, 0.3) is 16.8 Å². The van der Waals surface area contributed by atoms with Crippen LogP contribution in [0.1, 0.15) is 36.6 Å². The molecule has 7 heteroatoms. The summed E-state index contributed by atoms with van der Waals surface area (Å²) >= 11 is 1.30. The van der Waals surface area contributed by atoms with Crippen molar-refractivity contribution in [2.24, 2.45) is 4.99 Å². The summed E-state index contributed by atoms with van der Waals surface area (Å²) in [5.74, 6) is 0.207. The van der Waals surface area contributed by atoms with Crippen LogP contribution in [0.3, 0.4) is 0 Å². The van der Waals surface area contributed by atoms with Gasteiger partial charge in [-0.3, -0.25) is 9.36 Å². The Labute approximate surface area is 241 Å². The van der Waals surface area contributed by atoms with Crippen molar-refractivity contribution < 1.29 is 14.3 Å². The van der Waals surface area contributed by atoms with Crippen molar-refractivity contribution in [3.8, 4) is 5.75 Å². The third kappa shape index (κ3) is 5.12. The van der Waals surface area contributed by atoms with Gasteiger partial charge in [-0.25, -0.2) is 9.79 Å². The van der Waals surface area contributed by atoms with Crippen molar-refractivity contribution in [3.63, 3.8) is 0 Å². The summed E-state index contributed by atoms with van der Waals surface area (Å²) in [6.07, 6.45) is 1.84. The molecular weight excluding hydrogens is 532 g/mol. The minimum atomic E-state index is -0.633. The summed E-state index contributed by atoms with van der Waals surface area (Å²) in [6.45, 7) is 4.18. The molecule has 0 amide bonds. The molecule has 0 aliphatic carbocycles. The van der Waals surface area contributed by atoms with Crippen LogP contribution in [0.15, 0.2) is 118 Å². The number of hydrogen-bond acceptors (Lipinski definition) is 6. The van der Waals surface area contributed by atoms with Gasteiger partial charge in [0.15, 0.2) is 4.80 Å². The van der Waals surface area contributed by atoms with E-state index in [1.54, 1.807) is 18.4 Å². The van der Waals surface area contributed by atoms with E-state index in [9.17, 15) is 9.59 Å². The Bertz CT molecular complexity index is 1970. The number of aromatic nitrogens is 1. The number of para-hydroxylation sites is 1. The van der Waals surface area contributed by atoms with Crippen molar-refractivity contribution in [1.82, 2.24) is 4.57 Å². The molecule has 0 saturated heterocycles. The van der Waals surface area contributed by atoms with E-state index in [2.05, 4.69) is 29.3 Å². The Balaban J connectivity index is 1.41. The molecule has 204 valence electrons. The second kappa shape index (κ2) is 11.4. The van der Waals surface area contributed by atoms with Gasteiger partial charge in [-0.05, 0) is 47.9 Å². The molecule has 0 bridgehead atoms. The van der Waals surface area contributed by atoms with Gasteiger partial charge in [-0.2, -0.15) is 0 Å². The number of thiazole rings is 1. The largest absolute Gasteiger partial charge is 0.488 e. The van der Waals surface area contributed by atoms with Crippen molar-refractivity contribution in [2.75, 3.05) is 6.61 Å². The highest BCUT2D eigenvalue weighted by Crippen LogP contribution is 2.30. The van der Waals surface area contributed by atoms with Crippen molar-refractivity contribution in [3.05, 3.63) is 145 Å². The molecule has 2 heterocycles. The van der Waals surface area contributed by atoms with Crippen LogP contribution < -0.4 is 19.6 Å². The Hall–Kier alpha value is -4.75. The molecule has 0 fully saturated rings. The molecule has 1 aromatic heterocycles. The third-order valence-corrected chi connectivity index (χ3v) is 8.08. The number of benzene rings is 4. The van der Waals surface area contributed by atoms with Gasteiger partial charge in [-0.1, -0.05) is 102 Å². The molecule has 1 aliphatic rings. The van der Waals surface area contributed by atoms with Gasteiger partial charge < -0.3 is 9.47 Å². The predicted octanol–water partition coefficient (Wildman–Crippen LogP) is 5.53. The van der Waals surface area contributed by atoms with Crippen LogP contribution in [0, 0.1) is 0 Å². The first kappa shape index (κ1) is 26.5. The summed E-state index contributed by atoms with van der Waals surface area (Å²) < 4.78 is 13.8. The van der Waals surface area contributed by atoms with Crippen molar-refractivity contribution in [2.45, 2.75) is 26.5 Å². The summed E-state index contributed by atoms with van der Waals surface area (Å²) in [5, 5.41) is 2.31. The second-order valence-electron chi connectivity index (χ2n) is 9.68. The normalized spacial score (nSPS) is 15.0. The highest BCUT2D eigenvalue weighted by atomic mass is 32.1. The Morgan fingerprint density at radius 3 is 2.51 bits per heavy atom. The maximum Gasteiger partial charge on any atom is 0.338 e. The standard InChI is InChI=1S/C34H28N2O4S/c1-3-39-33(38)30-22(2)35-34-36(31(30)24-13-5-4-6-14-24)32(37)29(41-34)20-25-15-8-10-19-28(25)40-21-26-17-11-16-23-12-7-9-18-27(23)26/h4-20,31H,3,21H2,1-2H3/b29-20+. The lowest BCUT2D eigenvalue weighted by atomic mass is 9.96. The molecule has 1 atom stereocenters. The van der Waals surface area contributed by atoms with E-state index in [1.807, 2.05) is 78.9 Å². The zero-order valence-electron chi connectivity index (χ0n) is 22.7. The van der Waals surface area contributed by atoms with Crippen LogP contribution in [-0.2, 0) is 16.1 Å². The molecule has 6 nitrogen and oxygen atoms in total. The summed E-state index contributed by atoms with van der Waals surface area (Å²) in [5.41, 5.74) is 3.38. The fourth-order valence-electron chi connectivity index (χ4n) is 5.19. The Kier molecular flexibility index (Phi) is 7.35. The fraction of sp³-hybridized carbons (Fsp3) is 0.147. The van der Waals surface area contributed by atoms with E-state index in [4.69, 9.17) is 9.47 Å². The number of rotatable bonds is 7. The maximum atomic E-state index is 13.9. The Morgan fingerprint density at radius 1 is 0.951 bits per heavy atom. The highest BCUT2D eigenvalue weighted by Gasteiger charge is 2.33. The molecule has 1 unspecified atom stereocenters. The lowest BCUT2D eigenvalue weighted by Gasteiger charge is -2.24. The minimum absolute atomic E-state index is 0.222. The molecule has 6 rings (SSSR count). The average Bonchev–Trinajstić information content (AvgIpc) is 3.30. The van der Waals surface area contributed by atoms with E-state index in [0.717, 1.165) is 27.5 Å². The first-order valence-corrected chi connectivity index (χ1v) is 14.3. The van der Waals surface area contributed by atoms with Gasteiger partial charge in [0.2, 0.25) is 0 Å². The quantitative estimate of drug-likeness (QED) is 0.246. The lowest BCUT2D eigenvalue weighted by molar-refractivity contribution is -0.139. The van der Waals surface area contributed by atoms with Crippen molar-refractivity contribution in [1.29, 1.82) is 0 Å². The molecule has 1 aliphatic heterocycles. The molecule has 0 spiro atoms.